The molecule has 2 fully saturated rings. The van der Waals surface area contributed by atoms with Crippen LogP contribution >= 0.6 is 0 Å². The second-order valence-electron chi connectivity index (χ2n) is 8.10. The Balaban J connectivity index is 1.67. The standard InChI is InChI=1S/C20H28N2O4/c1-20(2)13-22(17-12-26-11-16(17)20)19(25)21-15(8-9-18(23)24)10-14-6-4-3-5-7-14/h3-7,15-17H,8-13H2,1-2H3,(H,21,25)(H,23,24)/t15?,16-,17+/m0/s1. The molecule has 2 aliphatic heterocycles. The molecule has 2 saturated heterocycles. The Morgan fingerprint density at radius 3 is 2.73 bits per heavy atom. The first-order chi connectivity index (χ1) is 12.4. The van der Waals surface area contributed by atoms with Crippen LogP contribution in [0.15, 0.2) is 30.3 Å². The monoisotopic (exact) mass is 360 g/mol. The van der Waals surface area contributed by atoms with Crippen LogP contribution < -0.4 is 5.32 Å². The quantitative estimate of drug-likeness (QED) is 0.817. The van der Waals surface area contributed by atoms with E-state index in [1.165, 1.54) is 0 Å². The number of carbonyl (C=O) groups excluding carboxylic acids is 1. The van der Waals surface area contributed by atoms with Gasteiger partial charge < -0.3 is 20.1 Å². The highest BCUT2D eigenvalue weighted by Gasteiger charge is 2.51. The predicted octanol–water partition coefficient (Wildman–Crippen LogP) is 2.53. The number of amides is 2. The van der Waals surface area contributed by atoms with Crippen LogP contribution in [0.5, 0.6) is 0 Å². The minimum Gasteiger partial charge on any atom is -0.481 e. The van der Waals surface area contributed by atoms with Crippen LogP contribution in [0, 0.1) is 11.3 Å². The summed E-state index contributed by atoms with van der Waals surface area (Å²) in [6.07, 6.45) is 1.08. The van der Waals surface area contributed by atoms with Gasteiger partial charge in [-0.3, -0.25) is 4.79 Å². The highest BCUT2D eigenvalue weighted by Crippen LogP contribution is 2.43. The maximum atomic E-state index is 12.9. The lowest BCUT2D eigenvalue weighted by atomic mass is 9.80. The number of nitrogens with zero attached hydrogens (tertiary/aromatic N) is 1. The van der Waals surface area contributed by atoms with E-state index in [4.69, 9.17) is 9.84 Å². The van der Waals surface area contributed by atoms with Crippen LogP contribution in [0.4, 0.5) is 4.79 Å². The van der Waals surface area contributed by atoms with Crippen molar-refractivity contribution in [1.29, 1.82) is 0 Å². The van der Waals surface area contributed by atoms with Gasteiger partial charge in [-0.15, -0.1) is 0 Å². The van der Waals surface area contributed by atoms with Crippen molar-refractivity contribution in [3.63, 3.8) is 0 Å². The van der Waals surface area contributed by atoms with Gasteiger partial charge in [-0.1, -0.05) is 44.2 Å². The Hall–Kier alpha value is -2.08. The number of rotatable bonds is 6. The van der Waals surface area contributed by atoms with Gasteiger partial charge in [0.2, 0.25) is 0 Å². The van der Waals surface area contributed by atoms with Crippen LogP contribution in [0.25, 0.3) is 0 Å². The fourth-order valence-corrected chi connectivity index (χ4v) is 4.17. The Morgan fingerprint density at radius 2 is 2.04 bits per heavy atom. The first-order valence-corrected chi connectivity index (χ1v) is 9.27. The number of fused-ring (bicyclic) bond motifs is 1. The van der Waals surface area contributed by atoms with E-state index in [0.717, 1.165) is 5.56 Å². The van der Waals surface area contributed by atoms with Crippen molar-refractivity contribution in [3.05, 3.63) is 35.9 Å². The van der Waals surface area contributed by atoms with Gasteiger partial charge >= 0.3 is 12.0 Å². The van der Waals surface area contributed by atoms with Crippen molar-refractivity contribution in [3.8, 4) is 0 Å². The first-order valence-electron chi connectivity index (χ1n) is 9.27. The molecule has 0 saturated carbocycles. The molecule has 1 aromatic rings. The average molecular weight is 360 g/mol. The summed E-state index contributed by atoms with van der Waals surface area (Å²) in [6.45, 7) is 6.35. The molecule has 0 spiro atoms. The lowest BCUT2D eigenvalue weighted by molar-refractivity contribution is -0.137. The number of carboxylic acid groups (broad SMARTS) is 1. The normalized spacial score (nSPS) is 24.9. The molecule has 142 valence electrons. The molecular weight excluding hydrogens is 332 g/mol. The Bertz CT molecular complexity index is 646. The summed E-state index contributed by atoms with van der Waals surface area (Å²) >= 11 is 0. The largest absolute Gasteiger partial charge is 0.481 e. The number of ether oxygens (including phenoxy) is 1. The second kappa shape index (κ2) is 7.66. The van der Waals surface area contributed by atoms with Crippen molar-refractivity contribution in [1.82, 2.24) is 10.2 Å². The van der Waals surface area contributed by atoms with Crippen molar-refractivity contribution >= 4 is 12.0 Å². The third-order valence-corrected chi connectivity index (χ3v) is 5.65. The zero-order valence-electron chi connectivity index (χ0n) is 15.5. The molecule has 2 heterocycles. The number of aliphatic carboxylic acids is 1. The van der Waals surface area contributed by atoms with E-state index in [2.05, 4.69) is 19.2 Å². The number of nitrogens with one attached hydrogen (secondary N) is 1. The topological polar surface area (TPSA) is 78.9 Å². The van der Waals surface area contributed by atoms with Gasteiger partial charge in [-0.2, -0.15) is 0 Å². The zero-order chi connectivity index (χ0) is 18.7. The molecule has 1 unspecified atom stereocenters. The summed E-state index contributed by atoms with van der Waals surface area (Å²) in [7, 11) is 0. The van der Waals surface area contributed by atoms with Crippen LogP contribution in [-0.4, -0.2) is 53.8 Å². The summed E-state index contributed by atoms with van der Waals surface area (Å²) in [5.74, 6) is -0.483. The van der Waals surface area contributed by atoms with E-state index in [9.17, 15) is 9.59 Å². The van der Waals surface area contributed by atoms with Crippen molar-refractivity contribution in [2.45, 2.75) is 45.2 Å². The molecule has 0 aliphatic carbocycles. The van der Waals surface area contributed by atoms with Crippen LogP contribution in [-0.2, 0) is 16.0 Å². The minimum absolute atomic E-state index is 0.0362. The summed E-state index contributed by atoms with van der Waals surface area (Å²) in [6, 6.07) is 9.65. The SMILES string of the molecule is CC1(C)CN(C(=O)NC(CCC(=O)O)Cc2ccccc2)[C@@H]2COC[C@@H]21. The third kappa shape index (κ3) is 4.18. The molecule has 3 atom stereocenters. The average Bonchev–Trinajstić information content (AvgIpc) is 3.17. The summed E-state index contributed by atoms with van der Waals surface area (Å²) < 4.78 is 5.61. The molecule has 2 N–H and O–H groups in total. The Morgan fingerprint density at radius 1 is 1.31 bits per heavy atom. The zero-order valence-corrected chi connectivity index (χ0v) is 15.5. The molecule has 0 aromatic heterocycles. The molecule has 26 heavy (non-hydrogen) atoms. The Labute approximate surface area is 154 Å². The first kappa shape index (κ1) is 18.7. The molecule has 0 bridgehead atoms. The van der Waals surface area contributed by atoms with E-state index in [1.54, 1.807) is 0 Å². The fraction of sp³-hybridized carbons (Fsp3) is 0.600. The van der Waals surface area contributed by atoms with Crippen molar-refractivity contribution < 1.29 is 19.4 Å². The van der Waals surface area contributed by atoms with Crippen LogP contribution in [0.2, 0.25) is 0 Å². The van der Waals surface area contributed by atoms with Gasteiger partial charge in [0.1, 0.15) is 0 Å². The number of urea groups is 1. The smallest absolute Gasteiger partial charge is 0.317 e. The maximum Gasteiger partial charge on any atom is 0.317 e. The molecule has 6 nitrogen and oxygen atoms in total. The number of hydrogen-bond acceptors (Lipinski definition) is 3. The van der Waals surface area contributed by atoms with Gasteiger partial charge in [-0.25, -0.2) is 4.79 Å². The van der Waals surface area contributed by atoms with Gasteiger partial charge in [0.25, 0.3) is 0 Å². The third-order valence-electron chi connectivity index (χ3n) is 5.65. The van der Waals surface area contributed by atoms with Crippen LogP contribution in [0.1, 0.15) is 32.3 Å². The summed E-state index contributed by atoms with van der Waals surface area (Å²) in [5.41, 5.74) is 1.13. The number of carboxylic acids is 1. The summed E-state index contributed by atoms with van der Waals surface area (Å²) in [4.78, 5) is 25.8. The highest BCUT2D eigenvalue weighted by molar-refractivity contribution is 5.76. The number of likely N-dealkylation sites (tertiary alicyclic amines) is 1. The molecular formula is C20H28N2O4. The molecule has 3 rings (SSSR count). The molecule has 6 heteroatoms. The summed E-state index contributed by atoms with van der Waals surface area (Å²) in [5, 5.41) is 12.1. The minimum atomic E-state index is -0.844. The van der Waals surface area contributed by atoms with E-state index < -0.39 is 5.97 Å². The number of carbonyl (C=O) groups is 2. The number of benzene rings is 1. The van der Waals surface area contributed by atoms with Gasteiger partial charge in [-0.05, 0) is 23.8 Å². The molecule has 1 aromatic carbocycles. The molecule has 2 amide bonds. The van der Waals surface area contributed by atoms with E-state index >= 15 is 0 Å². The second-order valence-corrected chi connectivity index (χ2v) is 8.10. The van der Waals surface area contributed by atoms with Gasteiger partial charge in [0.05, 0.1) is 19.3 Å². The fourth-order valence-electron chi connectivity index (χ4n) is 4.17. The van der Waals surface area contributed by atoms with E-state index in [0.29, 0.717) is 38.5 Å². The van der Waals surface area contributed by atoms with E-state index in [-0.39, 0.29) is 30.0 Å². The van der Waals surface area contributed by atoms with Crippen LogP contribution in [0.3, 0.4) is 0 Å². The molecule has 2 aliphatic rings. The van der Waals surface area contributed by atoms with Crippen molar-refractivity contribution in [2.75, 3.05) is 19.8 Å². The highest BCUT2D eigenvalue weighted by atomic mass is 16.5. The Kier molecular flexibility index (Phi) is 5.51. The maximum absolute atomic E-state index is 12.9. The predicted molar refractivity (Wildman–Crippen MR) is 97.9 cm³/mol. The van der Waals surface area contributed by atoms with Gasteiger partial charge in [0.15, 0.2) is 0 Å². The lowest BCUT2D eigenvalue weighted by Crippen LogP contribution is -2.48. The van der Waals surface area contributed by atoms with E-state index in [1.807, 2.05) is 35.2 Å². The van der Waals surface area contributed by atoms with Gasteiger partial charge in [0, 0.05) is 24.9 Å². The van der Waals surface area contributed by atoms with Crippen molar-refractivity contribution in [2.24, 2.45) is 11.3 Å². The molecule has 0 radical (unpaired) electrons. The lowest BCUT2D eigenvalue weighted by Gasteiger charge is -2.27. The number of hydrogen-bond donors (Lipinski definition) is 2.